The van der Waals surface area contributed by atoms with Gasteiger partial charge in [-0.1, -0.05) is 24.3 Å². The van der Waals surface area contributed by atoms with Crippen LogP contribution in [0.5, 0.6) is 0 Å². The Morgan fingerprint density at radius 3 is 2.32 bits per heavy atom. The van der Waals surface area contributed by atoms with Gasteiger partial charge in [-0.25, -0.2) is 8.42 Å². The van der Waals surface area contributed by atoms with Crippen LogP contribution in [0.15, 0.2) is 41.3 Å². The molecule has 1 atom stereocenters. The maximum Gasteiger partial charge on any atom is 0.313 e. The highest BCUT2D eigenvalue weighted by Gasteiger charge is 2.36. The normalized spacial score (nSPS) is 16.8. The molecule has 1 aliphatic rings. The molecule has 31 heavy (non-hydrogen) atoms. The van der Waals surface area contributed by atoms with Crippen LogP contribution in [0.1, 0.15) is 35.1 Å². The van der Waals surface area contributed by atoms with Gasteiger partial charge in [-0.3, -0.25) is 9.59 Å². The number of sulfonamides is 1. The average molecular weight is 444 g/mol. The summed E-state index contributed by atoms with van der Waals surface area (Å²) < 4.78 is 27.9. The smallest absolute Gasteiger partial charge is 0.313 e. The molecule has 0 aromatic heterocycles. The van der Waals surface area contributed by atoms with Crippen molar-refractivity contribution in [3.8, 4) is 0 Å². The monoisotopic (exact) mass is 443 g/mol. The number of carbonyl (C=O) groups excluding carboxylic acids is 2. The molecule has 7 nitrogen and oxygen atoms in total. The van der Waals surface area contributed by atoms with Gasteiger partial charge >= 0.3 is 11.8 Å². The number of anilines is 1. The Bertz CT molecular complexity index is 1110. The van der Waals surface area contributed by atoms with Crippen LogP contribution in [0.4, 0.5) is 5.69 Å². The fraction of sp³-hybridized carbons (Fsp3) is 0.391. The van der Waals surface area contributed by atoms with E-state index in [1.807, 2.05) is 39.0 Å². The van der Waals surface area contributed by atoms with Crippen molar-refractivity contribution in [2.45, 2.75) is 51.5 Å². The number of aryl methyl sites for hydroxylation is 4. The molecule has 1 aliphatic heterocycles. The Kier molecular flexibility index (Phi) is 6.81. The molecular weight excluding hydrogens is 414 g/mol. The summed E-state index contributed by atoms with van der Waals surface area (Å²) in [5.74, 6) is -1.55. The highest BCUT2D eigenvalue weighted by molar-refractivity contribution is 7.89. The molecular formula is C23H29N3O4S. The maximum absolute atomic E-state index is 13.2. The molecule has 2 aromatic carbocycles. The van der Waals surface area contributed by atoms with Crippen molar-refractivity contribution in [3.05, 3.63) is 58.7 Å². The molecule has 0 spiro atoms. The van der Waals surface area contributed by atoms with Gasteiger partial charge < -0.3 is 10.6 Å². The molecule has 2 N–H and O–H groups in total. The molecule has 0 aliphatic carbocycles. The minimum atomic E-state index is -3.69. The Morgan fingerprint density at radius 2 is 1.61 bits per heavy atom. The fourth-order valence-electron chi connectivity index (χ4n) is 3.78. The first-order valence-corrected chi connectivity index (χ1v) is 11.8. The fourth-order valence-corrected chi connectivity index (χ4v) is 5.79. The van der Waals surface area contributed by atoms with E-state index >= 15 is 0 Å². The summed E-state index contributed by atoms with van der Waals surface area (Å²) in [5.41, 5.74) is 3.97. The summed E-state index contributed by atoms with van der Waals surface area (Å²) in [6, 6.07) is 10.6. The summed E-state index contributed by atoms with van der Waals surface area (Å²) in [5, 5.41) is 5.23. The standard InChI is InChI=1S/C23H29N3O4S/c1-15-7-9-17(3)20(12-15)25-23(28)22(27)24-14-19-6-5-11-26(19)31(29,30)21-13-16(2)8-10-18(21)4/h7-10,12-13,19H,5-6,11,14H2,1-4H3,(H,24,27)(H,25,28). The van der Waals surface area contributed by atoms with Crippen LogP contribution in [-0.2, 0) is 19.6 Å². The lowest BCUT2D eigenvalue weighted by Gasteiger charge is -2.25. The van der Waals surface area contributed by atoms with Crippen molar-refractivity contribution in [2.75, 3.05) is 18.4 Å². The van der Waals surface area contributed by atoms with Crippen LogP contribution < -0.4 is 10.6 Å². The number of nitrogens with one attached hydrogen (secondary N) is 2. The van der Waals surface area contributed by atoms with Gasteiger partial charge in [0, 0.05) is 24.8 Å². The third-order valence-electron chi connectivity index (χ3n) is 5.60. The lowest BCUT2D eigenvalue weighted by Crippen LogP contribution is -2.45. The number of hydrogen-bond acceptors (Lipinski definition) is 4. The van der Waals surface area contributed by atoms with Gasteiger partial charge in [0.1, 0.15) is 0 Å². The van der Waals surface area contributed by atoms with E-state index in [4.69, 9.17) is 0 Å². The summed E-state index contributed by atoms with van der Waals surface area (Å²) in [6.07, 6.45) is 1.34. The Hall–Kier alpha value is -2.71. The molecule has 3 rings (SSSR count). The highest BCUT2D eigenvalue weighted by atomic mass is 32.2. The number of nitrogens with zero attached hydrogens (tertiary/aromatic N) is 1. The first-order valence-electron chi connectivity index (χ1n) is 10.3. The van der Waals surface area contributed by atoms with Gasteiger partial charge in [0.05, 0.1) is 4.90 Å². The summed E-state index contributed by atoms with van der Waals surface area (Å²) in [6.45, 7) is 7.86. The largest absolute Gasteiger partial charge is 0.346 e. The number of carbonyl (C=O) groups is 2. The van der Waals surface area contributed by atoms with Crippen LogP contribution >= 0.6 is 0 Å². The minimum Gasteiger partial charge on any atom is -0.346 e. The SMILES string of the molecule is Cc1ccc(C)c(NC(=O)C(=O)NCC2CCCN2S(=O)(=O)c2cc(C)ccc2C)c1. The van der Waals surface area contributed by atoms with E-state index in [0.29, 0.717) is 35.5 Å². The van der Waals surface area contributed by atoms with E-state index < -0.39 is 21.8 Å². The molecule has 166 valence electrons. The minimum absolute atomic E-state index is 0.0865. The summed E-state index contributed by atoms with van der Waals surface area (Å²) >= 11 is 0. The number of rotatable bonds is 5. The third kappa shape index (κ3) is 5.14. The van der Waals surface area contributed by atoms with Gasteiger partial charge in [-0.05, 0) is 74.9 Å². The molecule has 0 saturated carbocycles. The van der Waals surface area contributed by atoms with E-state index in [2.05, 4.69) is 10.6 Å². The molecule has 1 unspecified atom stereocenters. The summed E-state index contributed by atoms with van der Waals surface area (Å²) in [7, 11) is -3.69. The van der Waals surface area contributed by atoms with Crippen LogP contribution in [0.3, 0.4) is 0 Å². The lowest BCUT2D eigenvalue weighted by molar-refractivity contribution is -0.136. The van der Waals surface area contributed by atoms with Crippen LogP contribution in [0, 0.1) is 27.7 Å². The van der Waals surface area contributed by atoms with Crippen molar-refractivity contribution in [1.82, 2.24) is 9.62 Å². The van der Waals surface area contributed by atoms with Crippen molar-refractivity contribution in [2.24, 2.45) is 0 Å². The van der Waals surface area contributed by atoms with Crippen molar-refractivity contribution < 1.29 is 18.0 Å². The number of amides is 2. The van der Waals surface area contributed by atoms with E-state index in [1.165, 1.54) is 4.31 Å². The van der Waals surface area contributed by atoms with E-state index in [1.54, 1.807) is 25.1 Å². The first kappa shape index (κ1) is 23.0. The Morgan fingerprint density at radius 1 is 0.968 bits per heavy atom. The van der Waals surface area contributed by atoms with E-state index in [9.17, 15) is 18.0 Å². The highest BCUT2D eigenvalue weighted by Crippen LogP contribution is 2.28. The molecule has 8 heteroatoms. The van der Waals surface area contributed by atoms with Crippen LogP contribution in [-0.4, -0.2) is 43.7 Å². The van der Waals surface area contributed by atoms with Crippen molar-refractivity contribution >= 4 is 27.5 Å². The zero-order valence-corrected chi connectivity index (χ0v) is 19.2. The second-order valence-corrected chi connectivity index (χ2v) is 10.0. The lowest BCUT2D eigenvalue weighted by atomic mass is 10.1. The van der Waals surface area contributed by atoms with Crippen molar-refractivity contribution in [1.29, 1.82) is 0 Å². The second kappa shape index (κ2) is 9.20. The molecule has 2 aromatic rings. The number of benzene rings is 2. The molecule has 2 amide bonds. The van der Waals surface area contributed by atoms with Crippen molar-refractivity contribution in [3.63, 3.8) is 0 Å². The third-order valence-corrected chi connectivity index (χ3v) is 7.69. The predicted octanol–water partition coefficient (Wildman–Crippen LogP) is 2.83. The van der Waals surface area contributed by atoms with Gasteiger partial charge in [-0.15, -0.1) is 0 Å². The number of hydrogen-bond donors (Lipinski definition) is 2. The molecule has 1 saturated heterocycles. The maximum atomic E-state index is 13.2. The Balaban J connectivity index is 1.67. The van der Waals surface area contributed by atoms with Gasteiger partial charge in [0.25, 0.3) is 0 Å². The topological polar surface area (TPSA) is 95.6 Å². The van der Waals surface area contributed by atoms with Gasteiger partial charge in [0.2, 0.25) is 10.0 Å². The van der Waals surface area contributed by atoms with Gasteiger partial charge in [-0.2, -0.15) is 4.31 Å². The predicted molar refractivity (Wildman–Crippen MR) is 120 cm³/mol. The summed E-state index contributed by atoms with van der Waals surface area (Å²) in [4.78, 5) is 24.9. The zero-order chi connectivity index (χ0) is 22.8. The Labute approximate surface area is 183 Å². The molecule has 1 fully saturated rings. The van der Waals surface area contributed by atoms with Gasteiger partial charge in [0.15, 0.2) is 0 Å². The quantitative estimate of drug-likeness (QED) is 0.695. The average Bonchev–Trinajstić information content (AvgIpc) is 3.20. The first-order chi connectivity index (χ1) is 14.6. The van der Waals surface area contributed by atoms with Crippen LogP contribution in [0.25, 0.3) is 0 Å². The molecule has 0 radical (unpaired) electrons. The molecule has 1 heterocycles. The van der Waals surface area contributed by atoms with E-state index in [-0.39, 0.29) is 12.6 Å². The zero-order valence-electron chi connectivity index (χ0n) is 18.4. The van der Waals surface area contributed by atoms with E-state index in [0.717, 1.165) is 16.7 Å². The van der Waals surface area contributed by atoms with Crippen LogP contribution in [0.2, 0.25) is 0 Å². The molecule has 0 bridgehead atoms. The second-order valence-electron chi connectivity index (χ2n) is 8.16.